The number of nitrogen functional groups attached to an aromatic ring is 1. The van der Waals surface area contributed by atoms with E-state index in [-0.39, 0.29) is 7.92 Å². The maximum atomic E-state index is 5.74. The highest BCUT2D eigenvalue weighted by molar-refractivity contribution is 7.57. The van der Waals surface area contributed by atoms with E-state index in [0.717, 1.165) is 18.5 Å². The molecule has 0 aromatic carbocycles. The van der Waals surface area contributed by atoms with E-state index in [1.165, 1.54) is 18.7 Å². The summed E-state index contributed by atoms with van der Waals surface area (Å²) in [5.74, 6) is 0.421. The molecule has 0 aliphatic carbocycles. The molecule has 0 spiro atoms. The van der Waals surface area contributed by atoms with E-state index in [2.05, 4.69) is 28.8 Å². The number of rotatable bonds is 7. The Labute approximate surface area is 114 Å². The van der Waals surface area contributed by atoms with Crippen LogP contribution >= 0.6 is 7.92 Å². The Kier molecular flexibility index (Phi) is 5.05. The highest BCUT2D eigenvalue weighted by Gasteiger charge is 2.07. The molecule has 0 bridgehead atoms. The highest BCUT2D eigenvalue weighted by Crippen LogP contribution is 2.33. The topological polar surface area (TPSA) is 78.9 Å². The van der Waals surface area contributed by atoms with Crippen molar-refractivity contribution in [3.63, 3.8) is 0 Å². The molecule has 2 aromatic rings. The van der Waals surface area contributed by atoms with Crippen molar-refractivity contribution in [1.29, 1.82) is 0 Å². The fraction of sp³-hybridized carbons (Fsp3) is 0.583. The van der Waals surface area contributed by atoms with E-state index in [4.69, 9.17) is 10.5 Å². The van der Waals surface area contributed by atoms with E-state index >= 15 is 0 Å². The minimum atomic E-state index is 0.0422. The lowest BCUT2D eigenvalue weighted by atomic mass is 10.5. The smallest absolute Gasteiger partial charge is 0.165 e. The first-order valence-corrected chi connectivity index (χ1v) is 8.37. The van der Waals surface area contributed by atoms with Crippen molar-refractivity contribution in [2.24, 2.45) is 0 Å². The normalized spacial score (nSPS) is 11.5. The van der Waals surface area contributed by atoms with Gasteiger partial charge in [0, 0.05) is 6.54 Å². The molecule has 0 aliphatic heterocycles. The van der Waals surface area contributed by atoms with E-state index in [1.807, 2.05) is 4.57 Å². The van der Waals surface area contributed by atoms with Gasteiger partial charge in [0.15, 0.2) is 11.5 Å². The van der Waals surface area contributed by atoms with Gasteiger partial charge in [-0.1, -0.05) is 21.8 Å². The van der Waals surface area contributed by atoms with E-state index < -0.39 is 0 Å². The standard InChI is InChI=1S/C12H20N5OP/c1-3-19(4-2)9-18-6-5-17-8-16-10-11(13)14-7-15-12(10)17/h7-8H,3-6,9H2,1-2H3,(H2,13,14,15). The van der Waals surface area contributed by atoms with Gasteiger partial charge in [-0.25, -0.2) is 15.0 Å². The Morgan fingerprint density at radius 1 is 1.26 bits per heavy atom. The average molecular weight is 281 g/mol. The summed E-state index contributed by atoms with van der Waals surface area (Å²) in [6, 6.07) is 0. The maximum Gasteiger partial charge on any atom is 0.165 e. The van der Waals surface area contributed by atoms with Crippen molar-refractivity contribution < 1.29 is 4.74 Å². The van der Waals surface area contributed by atoms with Crippen molar-refractivity contribution in [1.82, 2.24) is 19.5 Å². The molecule has 104 valence electrons. The zero-order valence-electron chi connectivity index (χ0n) is 11.4. The van der Waals surface area contributed by atoms with Gasteiger partial charge in [-0.2, -0.15) is 0 Å². The van der Waals surface area contributed by atoms with Crippen molar-refractivity contribution in [3.05, 3.63) is 12.7 Å². The van der Waals surface area contributed by atoms with Crippen molar-refractivity contribution in [3.8, 4) is 0 Å². The van der Waals surface area contributed by atoms with Crippen LogP contribution in [0.25, 0.3) is 11.2 Å². The number of nitrogens with zero attached hydrogens (tertiary/aromatic N) is 4. The molecule has 0 unspecified atom stereocenters. The first-order valence-electron chi connectivity index (χ1n) is 6.47. The zero-order valence-corrected chi connectivity index (χ0v) is 12.3. The minimum Gasteiger partial charge on any atom is -0.382 e. The molecule has 0 saturated carbocycles. The van der Waals surface area contributed by atoms with Gasteiger partial charge in [0.05, 0.1) is 19.3 Å². The monoisotopic (exact) mass is 281 g/mol. The number of ether oxygens (including phenoxy) is 1. The first kappa shape index (κ1) is 14.2. The summed E-state index contributed by atoms with van der Waals surface area (Å²) in [4.78, 5) is 12.4. The van der Waals surface area contributed by atoms with Crippen LogP contribution in [0.1, 0.15) is 13.8 Å². The number of anilines is 1. The second-order valence-electron chi connectivity index (χ2n) is 4.21. The van der Waals surface area contributed by atoms with Crippen LogP contribution in [0.5, 0.6) is 0 Å². The largest absolute Gasteiger partial charge is 0.382 e. The zero-order chi connectivity index (χ0) is 13.7. The summed E-state index contributed by atoms with van der Waals surface area (Å²) in [5, 5.41) is 0. The third-order valence-corrected chi connectivity index (χ3v) is 5.41. The summed E-state index contributed by atoms with van der Waals surface area (Å²) in [6.07, 6.45) is 6.53. The van der Waals surface area contributed by atoms with Gasteiger partial charge in [0.25, 0.3) is 0 Å². The van der Waals surface area contributed by atoms with Gasteiger partial charge >= 0.3 is 0 Å². The minimum absolute atomic E-state index is 0.0422. The highest BCUT2D eigenvalue weighted by atomic mass is 31.1. The molecule has 6 nitrogen and oxygen atoms in total. The Morgan fingerprint density at radius 3 is 2.79 bits per heavy atom. The molecule has 7 heteroatoms. The van der Waals surface area contributed by atoms with Crippen molar-refractivity contribution in [2.75, 3.05) is 31.0 Å². The molecule has 0 amide bonds. The fourth-order valence-corrected chi connectivity index (χ4v) is 3.02. The van der Waals surface area contributed by atoms with Gasteiger partial charge in [0.1, 0.15) is 11.8 Å². The van der Waals surface area contributed by atoms with Crippen LogP contribution in [-0.2, 0) is 11.3 Å². The summed E-state index contributed by atoms with van der Waals surface area (Å²) in [7, 11) is 0.0422. The third kappa shape index (κ3) is 3.39. The molecule has 2 N–H and O–H groups in total. The van der Waals surface area contributed by atoms with Crippen LogP contribution in [0.3, 0.4) is 0 Å². The van der Waals surface area contributed by atoms with Gasteiger partial charge in [-0.15, -0.1) is 0 Å². The molecule has 0 saturated heterocycles. The van der Waals surface area contributed by atoms with Crippen LogP contribution < -0.4 is 5.73 Å². The van der Waals surface area contributed by atoms with Crippen LogP contribution in [0.15, 0.2) is 12.7 Å². The predicted octanol–water partition coefficient (Wildman–Crippen LogP) is 1.90. The number of hydrogen-bond donors (Lipinski definition) is 1. The second kappa shape index (κ2) is 6.78. The van der Waals surface area contributed by atoms with E-state index in [1.54, 1.807) is 6.33 Å². The molecule has 19 heavy (non-hydrogen) atoms. The lowest BCUT2D eigenvalue weighted by molar-refractivity contribution is 0.170. The fourth-order valence-electron chi connectivity index (χ4n) is 1.83. The van der Waals surface area contributed by atoms with Gasteiger partial charge in [-0.05, 0) is 12.3 Å². The van der Waals surface area contributed by atoms with Crippen LogP contribution in [0, 0.1) is 0 Å². The molecule has 2 rings (SSSR count). The first-order chi connectivity index (χ1) is 9.26. The van der Waals surface area contributed by atoms with Gasteiger partial charge < -0.3 is 15.0 Å². The lowest BCUT2D eigenvalue weighted by Crippen LogP contribution is -2.07. The number of imidazole rings is 1. The van der Waals surface area contributed by atoms with Crippen LogP contribution in [0.2, 0.25) is 0 Å². The Balaban J connectivity index is 1.90. The molecule has 2 aromatic heterocycles. The molecular formula is C12H20N5OP. The van der Waals surface area contributed by atoms with E-state index in [9.17, 15) is 0 Å². The SMILES string of the molecule is CCP(CC)COCCn1cnc2c(N)ncnc21. The molecule has 0 atom stereocenters. The molecular weight excluding hydrogens is 261 g/mol. The summed E-state index contributed by atoms with van der Waals surface area (Å²) < 4.78 is 7.69. The summed E-state index contributed by atoms with van der Waals surface area (Å²) in [6.45, 7) is 5.86. The number of fused-ring (bicyclic) bond motifs is 1. The van der Waals surface area contributed by atoms with Crippen LogP contribution in [-0.4, -0.2) is 44.8 Å². The lowest BCUT2D eigenvalue weighted by Gasteiger charge is -2.13. The van der Waals surface area contributed by atoms with Crippen molar-refractivity contribution in [2.45, 2.75) is 20.4 Å². The number of hydrogen-bond acceptors (Lipinski definition) is 5. The molecule has 0 fully saturated rings. The number of nitrogens with two attached hydrogens (primary N) is 1. The second-order valence-corrected chi connectivity index (χ2v) is 7.07. The van der Waals surface area contributed by atoms with Gasteiger partial charge in [-0.3, -0.25) is 0 Å². The van der Waals surface area contributed by atoms with Crippen LogP contribution in [0.4, 0.5) is 5.82 Å². The van der Waals surface area contributed by atoms with Gasteiger partial charge in [0.2, 0.25) is 0 Å². The average Bonchev–Trinajstić information content (AvgIpc) is 2.84. The third-order valence-electron chi connectivity index (χ3n) is 3.07. The Hall–Kier alpha value is -1.26. The van der Waals surface area contributed by atoms with E-state index in [0.29, 0.717) is 17.9 Å². The predicted molar refractivity (Wildman–Crippen MR) is 78.6 cm³/mol. The quantitative estimate of drug-likeness (QED) is 0.619. The number of aromatic nitrogens is 4. The van der Waals surface area contributed by atoms with Crippen molar-refractivity contribution >= 4 is 24.9 Å². The molecule has 0 aliphatic rings. The summed E-state index contributed by atoms with van der Waals surface area (Å²) in [5.41, 5.74) is 7.17. The maximum absolute atomic E-state index is 5.74. The molecule has 0 radical (unpaired) electrons. The Morgan fingerprint density at radius 2 is 2.05 bits per heavy atom. The Bertz CT molecular complexity index is 526. The summed E-state index contributed by atoms with van der Waals surface area (Å²) >= 11 is 0. The molecule has 2 heterocycles.